The van der Waals surface area contributed by atoms with Crippen LogP contribution in [0.1, 0.15) is 373 Å². The van der Waals surface area contributed by atoms with Crippen LogP contribution in [-0.2, 0) is 14.3 Å². The van der Waals surface area contributed by atoms with Crippen LogP contribution in [0.15, 0.2) is 12.2 Å². The number of aliphatic hydroxyl groups excluding tert-OH is 2. The van der Waals surface area contributed by atoms with Crippen molar-refractivity contribution in [2.75, 3.05) is 13.2 Å². The largest absolute Gasteiger partial charge is 0.466 e. The molecule has 0 saturated carbocycles. The highest BCUT2D eigenvalue weighted by molar-refractivity contribution is 5.76. The summed E-state index contributed by atoms with van der Waals surface area (Å²) in [6.45, 7) is 4.96. The van der Waals surface area contributed by atoms with E-state index in [1.54, 1.807) is 0 Å². The fourth-order valence-corrected chi connectivity index (χ4v) is 10.5. The van der Waals surface area contributed by atoms with E-state index < -0.39 is 12.1 Å². The molecule has 1 amide bonds. The molecule has 0 heterocycles. The number of carbonyl (C=O) groups excluding carboxylic acids is 2. The second-order valence-corrected chi connectivity index (χ2v) is 22.8. The third-order valence-corrected chi connectivity index (χ3v) is 15.6. The van der Waals surface area contributed by atoms with E-state index in [0.717, 1.165) is 44.9 Å². The van der Waals surface area contributed by atoms with E-state index >= 15 is 0 Å². The van der Waals surface area contributed by atoms with Gasteiger partial charge < -0.3 is 20.3 Å². The highest BCUT2D eigenvalue weighted by Crippen LogP contribution is 2.19. The lowest BCUT2D eigenvalue weighted by Crippen LogP contribution is -2.45. The SMILES string of the molecule is CCCCCC/C=C\CCCCCCCC(=O)OCCCCCCCCCCCCCCCCCCCCC(=O)NC(CO)C(O)CCCCCCCCCCCCCCCCCCCCCCCCCC. The van der Waals surface area contributed by atoms with Crippen LogP contribution < -0.4 is 5.32 Å². The second-order valence-electron chi connectivity index (χ2n) is 22.8. The summed E-state index contributed by atoms with van der Waals surface area (Å²) < 4.78 is 5.47. The first kappa shape index (κ1) is 70.6. The number of ether oxygens (including phenoxy) is 1. The maximum absolute atomic E-state index is 12.5. The van der Waals surface area contributed by atoms with Gasteiger partial charge in [-0.05, 0) is 51.4 Å². The third kappa shape index (κ3) is 57.9. The topological polar surface area (TPSA) is 95.9 Å². The Balaban J connectivity index is 3.40. The van der Waals surface area contributed by atoms with Crippen molar-refractivity contribution in [1.29, 1.82) is 0 Å². The van der Waals surface area contributed by atoms with Gasteiger partial charge in [0.25, 0.3) is 0 Å². The number of esters is 1. The lowest BCUT2D eigenvalue weighted by Gasteiger charge is -2.22. The quantitative estimate of drug-likeness (QED) is 0.0320. The smallest absolute Gasteiger partial charge is 0.305 e. The molecule has 0 rings (SSSR count). The van der Waals surface area contributed by atoms with Gasteiger partial charge in [0.15, 0.2) is 0 Å². The van der Waals surface area contributed by atoms with Crippen molar-refractivity contribution in [3.63, 3.8) is 0 Å². The lowest BCUT2D eigenvalue weighted by atomic mass is 10.0. The normalized spacial score (nSPS) is 12.6. The molecular formula is C66H129NO5. The third-order valence-electron chi connectivity index (χ3n) is 15.6. The van der Waals surface area contributed by atoms with Crippen molar-refractivity contribution < 1.29 is 24.5 Å². The van der Waals surface area contributed by atoms with Gasteiger partial charge in [0.2, 0.25) is 5.91 Å². The molecule has 3 N–H and O–H groups in total. The Bertz CT molecular complexity index is 1080. The molecule has 72 heavy (non-hydrogen) atoms. The van der Waals surface area contributed by atoms with Crippen LogP contribution in [0.5, 0.6) is 0 Å². The minimum absolute atomic E-state index is 0.000711. The van der Waals surface area contributed by atoms with E-state index in [0.29, 0.717) is 25.9 Å². The highest BCUT2D eigenvalue weighted by Gasteiger charge is 2.20. The van der Waals surface area contributed by atoms with Gasteiger partial charge in [0, 0.05) is 12.8 Å². The maximum Gasteiger partial charge on any atom is 0.305 e. The Kier molecular flexibility index (Phi) is 60.9. The molecule has 0 aromatic carbocycles. The zero-order valence-electron chi connectivity index (χ0n) is 48.9. The second kappa shape index (κ2) is 62.1. The van der Waals surface area contributed by atoms with E-state index in [2.05, 4.69) is 31.3 Å². The number of unbranched alkanes of at least 4 members (excludes halogenated alkanes) is 49. The lowest BCUT2D eigenvalue weighted by molar-refractivity contribution is -0.143. The number of amides is 1. The summed E-state index contributed by atoms with van der Waals surface area (Å²) in [4.78, 5) is 24.6. The molecule has 6 nitrogen and oxygen atoms in total. The van der Waals surface area contributed by atoms with Gasteiger partial charge in [-0.2, -0.15) is 0 Å². The summed E-state index contributed by atoms with van der Waals surface area (Å²) in [6.07, 6.45) is 75.2. The van der Waals surface area contributed by atoms with Crippen molar-refractivity contribution in [2.24, 2.45) is 0 Å². The van der Waals surface area contributed by atoms with Crippen LogP contribution in [0.2, 0.25) is 0 Å². The van der Waals surface area contributed by atoms with Crippen LogP contribution >= 0.6 is 0 Å². The number of hydrogen-bond donors (Lipinski definition) is 3. The van der Waals surface area contributed by atoms with Crippen molar-refractivity contribution in [2.45, 2.75) is 386 Å². The monoisotopic (exact) mass is 1020 g/mol. The Morgan fingerprint density at radius 3 is 1.00 bits per heavy atom. The highest BCUT2D eigenvalue weighted by atomic mass is 16.5. The summed E-state index contributed by atoms with van der Waals surface area (Å²) in [6, 6.07) is -0.545. The molecule has 2 atom stereocenters. The van der Waals surface area contributed by atoms with Gasteiger partial charge in [-0.25, -0.2) is 0 Å². The van der Waals surface area contributed by atoms with Crippen molar-refractivity contribution in [3.05, 3.63) is 12.2 Å². The van der Waals surface area contributed by atoms with E-state index in [-0.39, 0.29) is 18.5 Å². The number of hydrogen-bond acceptors (Lipinski definition) is 5. The molecule has 428 valence electrons. The number of carbonyl (C=O) groups is 2. The molecule has 2 unspecified atom stereocenters. The van der Waals surface area contributed by atoms with E-state index in [1.165, 1.54) is 295 Å². The first-order valence-electron chi connectivity index (χ1n) is 32.9. The molecule has 0 aromatic rings. The molecule has 0 spiro atoms. The fraction of sp³-hybridized carbons (Fsp3) is 0.939. The van der Waals surface area contributed by atoms with Crippen LogP contribution in [-0.4, -0.2) is 47.4 Å². The summed E-state index contributed by atoms with van der Waals surface area (Å²) in [5.41, 5.74) is 0. The van der Waals surface area contributed by atoms with Crippen LogP contribution in [0.25, 0.3) is 0 Å². The summed E-state index contributed by atoms with van der Waals surface area (Å²) in [5.74, 6) is -0.0351. The van der Waals surface area contributed by atoms with Crippen LogP contribution in [0.3, 0.4) is 0 Å². The standard InChI is InChI=1S/C66H129NO5/c1-3-5-7-9-11-13-15-17-18-19-20-21-22-23-24-25-28-31-35-38-42-46-50-54-58-64(69)63(62-68)67-65(70)59-55-51-47-43-39-36-32-29-26-27-30-33-37-41-45-49-53-57-61-72-66(71)60-56-52-48-44-40-34-16-14-12-10-8-6-4-2/h14,16,63-64,68-69H,3-13,15,17-62H2,1-2H3,(H,67,70)/b16-14-. The predicted octanol–water partition coefficient (Wildman–Crippen LogP) is 20.8. The first-order valence-corrected chi connectivity index (χ1v) is 32.9. The van der Waals surface area contributed by atoms with Crippen molar-refractivity contribution >= 4 is 11.9 Å². The molecular weight excluding hydrogens is 887 g/mol. The zero-order chi connectivity index (χ0) is 52.2. The maximum atomic E-state index is 12.5. The Morgan fingerprint density at radius 1 is 0.375 bits per heavy atom. The van der Waals surface area contributed by atoms with Gasteiger partial charge in [0.1, 0.15) is 0 Å². The predicted molar refractivity (Wildman–Crippen MR) is 315 cm³/mol. The molecule has 0 aromatic heterocycles. The Morgan fingerprint density at radius 2 is 0.653 bits per heavy atom. The van der Waals surface area contributed by atoms with Crippen LogP contribution in [0, 0.1) is 0 Å². The van der Waals surface area contributed by atoms with E-state index in [9.17, 15) is 19.8 Å². The number of aliphatic hydroxyl groups is 2. The summed E-state index contributed by atoms with van der Waals surface area (Å²) in [7, 11) is 0. The zero-order valence-corrected chi connectivity index (χ0v) is 48.9. The van der Waals surface area contributed by atoms with Gasteiger partial charge in [-0.1, -0.05) is 321 Å². The van der Waals surface area contributed by atoms with E-state index in [1.807, 2.05) is 0 Å². The van der Waals surface area contributed by atoms with Crippen LogP contribution in [0.4, 0.5) is 0 Å². The molecule has 0 aliphatic rings. The number of allylic oxidation sites excluding steroid dienone is 2. The Labute approximate surface area is 450 Å². The molecule has 0 aliphatic heterocycles. The van der Waals surface area contributed by atoms with Gasteiger partial charge in [-0.3, -0.25) is 9.59 Å². The summed E-state index contributed by atoms with van der Waals surface area (Å²) in [5, 5.41) is 23.4. The van der Waals surface area contributed by atoms with Crippen molar-refractivity contribution in [1.82, 2.24) is 5.32 Å². The molecule has 0 aliphatic carbocycles. The van der Waals surface area contributed by atoms with Gasteiger partial charge in [0.05, 0.1) is 25.4 Å². The van der Waals surface area contributed by atoms with Gasteiger partial charge in [-0.15, -0.1) is 0 Å². The average molecular weight is 1020 g/mol. The summed E-state index contributed by atoms with van der Waals surface area (Å²) >= 11 is 0. The molecule has 0 bridgehead atoms. The molecule has 0 fully saturated rings. The molecule has 0 radical (unpaired) electrons. The minimum atomic E-state index is -0.668. The van der Waals surface area contributed by atoms with Crippen molar-refractivity contribution in [3.8, 4) is 0 Å². The molecule has 0 saturated heterocycles. The molecule has 6 heteroatoms. The van der Waals surface area contributed by atoms with E-state index in [4.69, 9.17) is 4.74 Å². The van der Waals surface area contributed by atoms with Gasteiger partial charge >= 0.3 is 5.97 Å². The fourth-order valence-electron chi connectivity index (χ4n) is 10.5. The number of rotatable bonds is 62. The Hall–Kier alpha value is -1.40. The average Bonchev–Trinajstić information content (AvgIpc) is 3.38. The number of nitrogens with one attached hydrogen (secondary N) is 1. The first-order chi connectivity index (χ1) is 35.5. The minimum Gasteiger partial charge on any atom is -0.466 e.